The lowest BCUT2D eigenvalue weighted by Gasteiger charge is -2.26. The molecule has 0 atom stereocenters. The third-order valence-electron chi connectivity index (χ3n) is 4.90. The molecule has 1 N–H and O–H groups in total. The van der Waals surface area contributed by atoms with Crippen molar-refractivity contribution in [2.24, 2.45) is 0 Å². The van der Waals surface area contributed by atoms with Gasteiger partial charge in [0.05, 0.1) is 19.1 Å². The maximum atomic E-state index is 13.7. The Hall–Kier alpha value is -2.58. The van der Waals surface area contributed by atoms with Gasteiger partial charge in [0.25, 0.3) is 0 Å². The van der Waals surface area contributed by atoms with Gasteiger partial charge >= 0.3 is 0 Å². The summed E-state index contributed by atoms with van der Waals surface area (Å²) >= 11 is 0. The highest BCUT2D eigenvalue weighted by Crippen LogP contribution is 2.34. The minimum absolute atomic E-state index is 0.134. The Morgan fingerprint density at radius 2 is 1.85 bits per heavy atom. The Morgan fingerprint density at radius 1 is 1.07 bits per heavy atom. The Morgan fingerprint density at radius 3 is 2.59 bits per heavy atom. The zero-order valence-electron chi connectivity index (χ0n) is 15.0. The van der Waals surface area contributed by atoms with Crippen LogP contribution in [0.2, 0.25) is 0 Å². The molecule has 2 aromatic carbocycles. The Bertz CT molecular complexity index is 1120. The van der Waals surface area contributed by atoms with Crippen LogP contribution in [0.1, 0.15) is 11.3 Å². The highest BCUT2D eigenvalue weighted by atomic mass is 32.2. The van der Waals surface area contributed by atoms with Crippen LogP contribution >= 0.6 is 0 Å². The minimum atomic E-state index is -3.73. The van der Waals surface area contributed by atoms with Gasteiger partial charge < -0.3 is 14.5 Å². The predicted molar refractivity (Wildman–Crippen MR) is 99.1 cm³/mol. The van der Waals surface area contributed by atoms with E-state index in [-0.39, 0.29) is 17.3 Å². The largest absolute Gasteiger partial charge is 0.493 e. The van der Waals surface area contributed by atoms with E-state index in [0.717, 1.165) is 22.2 Å². The summed E-state index contributed by atoms with van der Waals surface area (Å²) in [6.45, 7) is 0.536. The van der Waals surface area contributed by atoms with Crippen molar-refractivity contribution in [1.29, 1.82) is 0 Å². The summed E-state index contributed by atoms with van der Waals surface area (Å²) in [5, 5.41) is 0.720. The number of methoxy groups -OCH3 is 2. The number of hydrogen-bond acceptors (Lipinski definition) is 4. The number of halogens is 1. The van der Waals surface area contributed by atoms with Crippen LogP contribution in [-0.4, -0.2) is 38.5 Å². The van der Waals surface area contributed by atoms with Crippen molar-refractivity contribution in [2.45, 2.75) is 17.9 Å². The number of H-pyrrole nitrogens is 1. The molecular formula is C19H19FN2O4S. The van der Waals surface area contributed by atoms with E-state index < -0.39 is 10.0 Å². The van der Waals surface area contributed by atoms with Crippen LogP contribution in [0.15, 0.2) is 41.3 Å². The van der Waals surface area contributed by atoms with Gasteiger partial charge in [-0.05, 0) is 35.9 Å². The van der Waals surface area contributed by atoms with Crippen LogP contribution in [0.5, 0.6) is 11.5 Å². The van der Waals surface area contributed by atoms with E-state index in [2.05, 4.69) is 4.98 Å². The molecule has 1 aliphatic heterocycles. The van der Waals surface area contributed by atoms with Crippen LogP contribution in [0.4, 0.5) is 4.39 Å². The van der Waals surface area contributed by atoms with Gasteiger partial charge in [0.2, 0.25) is 10.0 Å². The van der Waals surface area contributed by atoms with Crippen molar-refractivity contribution in [1.82, 2.24) is 9.29 Å². The van der Waals surface area contributed by atoms with Crippen molar-refractivity contribution >= 4 is 20.9 Å². The third kappa shape index (κ3) is 2.94. The fourth-order valence-corrected chi connectivity index (χ4v) is 4.92. The Balaban J connectivity index is 1.72. The van der Waals surface area contributed by atoms with Crippen molar-refractivity contribution in [3.63, 3.8) is 0 Å². The molecule has 0 fully saturated rings. The number of ether oxygens (including phenoxy) is 2. The normalized spacial score (nSPS) is 14.9. The first kappa shape index (κ1) is 17.8. The summed E-state index contributed by atoms with van der Waals surface area (Å²) in [5.41, 5.74) is 2.58. The molecule has 3 aromatic rings. The molecule has 142 valence electrons. The molecule has 27 heavy (non-hydrogen) atoms. The van der Waals surface area contributed by atoms with E-state index in [1.54, 1.807) is 12.1 Å². The second-order valence-electron chi connectivity index (χ2n) is 6.38. The molecule has 1 aromatic heterocycles. The number of rotatable bonds is 4. The Kier molecular flexibility index (Phi) is 4.32. The second-order valence-corrected chi connectivity index (χ2v) is 8.32. The molecule has 4 rings (SSSR count). The molecule has 0 spiro atoms. The average molecular weight is 390 g/mol. The number of hydrogen-bond donors (Lipinski definition) is 1. The van der Waals surface area contributed by atoms with Crippen molar-refractivity contribution < 1.29 is 22.3 Å². The fourth-order valence-electron chi connectivity index (χ4n) is 3.49. The van der Waals surface area contributed by atoms with Gasteiger partial charge in [-0.1, -0.05) is 0 Å². The molecule has 0 bridgehead atoms. The molecule has 0 saturated carbocycles. The summed E-state index contributed by atoms with van der Waals surface area (Å²) in [4.78, 5) is 3.40. The molecule has 6 nitrogen and oxygen atoms in total. The van der Waals surface area contributed by atoms with Crippen LogP contribution in [0, 0.1) is 5.82 Å². The lowest BCUT2D eigenvalue weighted by atomic mass is 10.1. The third-order valence-corrected chi connectivity index (χ3v) is 6.74. The quantitative estimate of drug-likeness (QED) is 0.743. The molecule has 0 saturated heterocycles. The van der Waals surface area contributed by atoms with E-state index >= 15 is 0 Å². The molecular weight excluding hydrogens is 371 g/mol. The summed E-state index contributed by atoms with van der Waals surface area (Å²) < 4.78 is 51.7. The topological polar surface area (TPSA) is 71.6 Å². The van der Waals surface area contributed by atoms with Crippen LogP contribution in [-0.2, 0) is 23.0 Å². The molecule has 0 unspecified atom stereocenters. The van der Waals surface area contributed by atoms with Gasteiger partial charge in [-0.3, -0.25) is 0 Å². The van der Waals surface area contributed by atoms with Gasteiger partial charge in [-0.15, -0.1) is 0 Å². The number of aromatic amines is 1. The highest BCUT2D eigenvalue weighted by molar-refractivity contribution is 7.89. The SMILES string of the molecule is COc1ccc(S(=O)(=O)N2CCc3[nH]c4ccc(F)cc4c3C2)cc1OC. The number of nitrogens with one attached hydrogen (secondary N) is 1. The van der Waals surface area contributed by atoms with Crippen LogP contribution in [0.25, 0.3) is 10.9 Å². The van der Waals surface area contributed by atoms with Crippen molar-refractivity contribution in [3.8, 4) is 11.5 Å². The second kappa shape index (κ2) is 6.54. The molecule has 0 amide bonds. The van der Waals surface area contributed by atoms with Gasteiger partial charge in [-0.25, -0.2) is 12.8 Å². The summed E-state index contributed by atoms with van der Waals surface area (Å²) in [5.74, 6) is 0.471. The number of sulfonamides is 1. The number of fused-ring (bicyclic) bond motifs is 3. The Labute approximate surface area is 156 Å². The number of nitrogens with zero attached hydrogens (tertiary/aromatic N) is 1. The summed E-state index contributed by atoms with van der Waals surface area (Å²) in [7, 11) is -0.774. The average Bonchev–Trinajstić information content (AvgIpc) is 3.04. The maximum Gasteiger partial charge on any atom is 0.243 e. The molecule has 1 aliphatic rings. The first-order chi connectivity index (χ1) is 12.9. The molecule has 0 aliphatic carbocycles. The minimum Gasteiger partial charge on any atom is -0.493 e. The van der Waals surface area contributed by atoms with E-state index in [9.17, 15) is 12.8 Å². The monoisotopic (exact) mass is 390 g/mol. The molecule has 0 radical (unpaired) electrons. The summed E-state index contributed by atoms with van der Waals surface area (Å²) in [6.07, 6.45) is 0.540. The first-order valence-corrected chi connectivity index (χ1v) is 9.89. The zero-order valence-corrected chi connectivity index (χ0v) is 15.8. The lowest BCUT2D eigenvalue weighted by molar-refractivity contribution is 0.353. The van der Waals surface area contributed by atoms with E-state index in [4.69, 9.17) is 9.47 Å². The number of benzene rings is 2. The van der Waals surface area contributed by atoms with Gasteiger partial charge in [-0.2, -0.15) is 4.31 Å². The van der Waals surface area contributed by atoms with Gasteiger partial charge in [0.1, 0.15) is 5.82 Å². The highest BCUT2D eigenvalue weighted by Gasteiger charge is 2.31. The standard InChI is InChI=1S/C19H19FN2O4S/c1-25-18-6-4-13(10-19(18)26-2)27(23,24)22-8-7-17-15(11-22)14-9-12(20)3-5-16(14)21-17/h3-6,9-10,21H,7-8,11H2,1-2H3. The predicted octanol–water partition coefficient (Wildman–Crippen LogP) is 3.07. The van der Waals surface area contributed by atoms with Crippen molar-refractivity contribution in [2.75, 3.05) is 20.8 Å². The fraction of sp³-hybridized carbons (Fsp3) is 0.263. The van der Waals surface area contributed by atoms with E-state index in [1.165, 1.54) is 42.8 Å². The molecule has 2 heterocycles. The smallest absolute Gasteiger partial charge is 0.243 e. The van der Waals surface area contributed by atoms with E-state index in [0.29, 0.717) is 24.5 Å². The zero-order chi connectivity index (χ0) is 19.2. The van der Waals surface area contributed by atoms with E-state index in [1.807, 2.05) is 0 Å². The van der Waals surface area contributed by atoms with Gasteiger partial charge in [0.15, 0.2) is 11.5 Å². The lowest BCUT2D eigenvalue weighted by Crippen LogP contribution is -2.35. The first-order valence-electron chi connectivity index (χ1n) is 8.45. The maximum absolute atomic E-state index is 13.7. The van der Waals surface area contributed by atoms with Gasteiger partial charge in [0, 0.05) is 42.2 Å². The molecule has 8 heteroatoms. The van der Waals surface area contributed by atoms with Crippen LogP contribution in [0.3, 0.4) is 0 Å². The summed E-state index contributed by atoms with van der Waals surface area (Å²) in [6, 6.07) is 9.04. The van der Waals surface area contributed by atoms with Crippen molar-refractivity contribution in [3.05, 3.63) is 53.5 Å². The number of aromatic nitrogens is 1. The van der Waals surface area contributed by atoms with Crippen LogP contribution < -0.4 is 9.47 Å².